The zero-order chi connectivity index (χ0) is 13.5. The summed E-state index contributed by atoms with van der Waals surface area (Å²) < 4.78 is 0. The SMILES string of the molecule is CCCC1([N+](=O)[O-])Nc2cnc3ccccc3c2S1. The molecule has 5 nitrogen and oxygen atoms in total. The van der Waals surface area contributed by atoms with Crippen molar-refractivity contribution in [1.82, 2.24) is 4.98 Å². The third kappa shape index (κ3) is 1.83. The first kappa shape index (κ1) is 12.2. The standard InChI is InChI=1S/C13H13N3O2S/c1-2-7-13(16(17)18)15-11-8-14-10-6-4-3-5-9(10)12(11)19-13/h3-6,8,15H,2,7H2,1H3. The van der Waals surface area contributed by atoms with Crippen molar-refractivity contribution >= 4 is 28.4 Å². The van der Waals surface area contributed by atoms with Gasteiger partial charge in [-0.3, -0.25) is 15.1 Å². The molecule has 1 N–H and O–H groups in total. The Hall–Kier alpha value is -1.82. The number of anilines is 1. The average molecular weight is 275 g/mol. The van der Waals surface area contributed by atoms with Crippen molar-refractivity contribution in [2.24, 2.45) is 0 Å². The molecule has 0 amide bonds. The van der Waals surface area contributed by atoms with E-state index >= 15 is 0 Å². The van der Waals surface area contributed by atoms with Gasteiger partial charge in [-0.1, -0.05) is 25.1 Å². The first-order valence-electron chi connectivity index (χ1n) is 6.16. The molecular weight excluding hydrogens is 262 g/mol. The van der Waals surface area contributed by atoms with E-state index in [2.05, 4.69) is 10.3 Å². The van der Waals surface area contributed by atoms with Crippen LogP contribution >= 0.6 is 11.8 Å². The number of pyridine rings is 1. The van der Waals surface area contributed by atoms with Crippen LogP contribution in [0.3, 0.4) is 0 Å². The molecule has 0 radical (unpaired) electrons. The number of nitrogens with zero attached hydrogens (tertiary/aromatic N) is 2. The molecule has 0 saturated heterocycles. The Morgan fingerprint density at radius 3 is 3.00 bits per heavy atom. The molecule has 1 atom stereocenters. The number of hydrogen-bond acceptors (Lipinski definition) is 5. The van der Waals surface area contributed by atoms with Crippen molar-refractivity contribution in [1.29, 1.82) is 0 Å². The van der Waals surface area contributed by atoms with Crippen LogP contribution in [0.15, 0.2) is 35.4 Å². The van der Waals surface area contributed by atoms with E-state index in [1.807, 2.05) is 31.2 Å². The second-order valence-corrected chi connectivity index (χ2v) is 5.82. The van der Waals surface area contributed by atoms with E-state index in [0.717, 1.165) is 27.9 Å². The maximum atomic E-state index is 11.4. The lowest BCUT2D eigenvalue weighted by Crippen LogP contribution is -2.39. The van der Waals surface area contributed by atoms with Crippen LogP contribution in [-0.2, 0) is 0 Å². The number of para-hydroxylation sites is 1. The Kier molecular flexibility index (Phi) is 2.82. The fourth-order valence-electron chi connectivity index (χ4n) is 2.35. The van der Waals surface area contributed by atoms with Gasteiger partial charge in [-0.2, -0.15) is 0 Å². The zero-order valence-corrected chi connectivity index (χ0v) is 11.2. The third-order valence-electron chi connectivity index (χ3n) is 3.21. The first-order valence-corrected chi connectivity index (χ1v) is 6.97. The van der Waals surface area contributed by atoms with Crippen molar-refractivity contribution in [3.63, 3.8) is 0 Å². The molecule has 2 aromatic rings. The molecule has 0 saturated carbocycles. The van der Waals surface area contributed by atoms with E-state index in [0.29, 0.717) is 6.42 Å². The van der Waals surface area contributed by atoms with Crippen LogP contribution < -0.4 is 5.32 Å². The summed E-state index contributed by atoms with van der Waals surface area (Å²) in [6, 6.07) is 7.72. The van der Waals surface area contributed by atoms with Gasteiger partial charge in [0, 0.05) is 11.8 Å². The molecule has 2 heterocycles. The molecule has 1 aliphatic rings. The average Bonchev–Trinajstić information content (AvgIpc) is 2.79. The Labute approximate surface area is 114 Å². The molecule has 1 aromatic heterocycles. The van der Waals surface area contributed by atoms with Crippen LogP contribution in [-0.4, -0.2) is 14.9 Å². The lowest BCUT2D eigenvalue weighted by molar-refractivity contribution is -0.530. The molecule has 19 heavy (non-hydrogen) atoms. The predicted octanol–water partition coefficient (Wildman–Crippen LogP) is 3.48. The highest BCUT2D eigenvalue weighted by Gasteiger charge is 2.49. The van der Waals surface area contributed by atoms with Gasteiger partial charge in [-0.05, 0) is 24.2 Å². The van der Waals surface area contributed by atoms with Gasteiger partial charge in [0.2, 0.25) is 0 Å². The minimum Gasteiger partial charge on any atom is -0.309 e. The summed E-state index contributed by atoms with van der Waals surface area (Å²) in [5.41, 5.74) is 1.63. The van der Waals surface area contributed by atoms with Crippen molar-refractivity contribution < 1.29 is 4.92 Å². The lowest BCUT2D eigenvalue weighted by Gasteiger charge is -2.18. The fourth-order valence-corrected chi connectivity index (χ4v) is 3.72. The number of benzene rings is 1. The van der Waals surface area contributed by atoms with E-state index in [1.165, 1.54) is 11.8 Å². The maximum absolute atomic E-state index is 11.4. The summed E-state index contributed by atoms with van der Waals surface area (Å²) in [5.74, 6) is 0. The van der Waals surface area contributed by atoms with Crippen molar-refractivity contribution in [2.45, 2.75) is 29.7 Å². The molecule has 1 unspecified atom stereocenters. The number of hydrogen-bond donors (Lipinski definition) is 1. The predicted molar refractivity (Wildman–Crippen MR) is 75.9 cm³/mol. The topological polar surface area (TPSA) is 68.1 Å². The number of rotatable bonds is 3. The van der Waals surface area contributed by atoms with Gasteiger partial charge in [-0.15, -0.1) is 0 Å². The summed E-state index contributed by atoms with van der Waals surface area (Å²) in [7, 11) is 0. The number of nitrogens with one attached hydrogen (secondary N) is 1. The van der Waals surface area contributed by atoms with Gasteiger partial charge < -0.3 is 5.32 Å². The van der Waals surface area contributed by atoms with Crippen LogP contribution in [0.25, 0.3) is 10.9 Å². The molecule has 6 heteroatoms. The highest BCUT2D eigenvalue weighted by Crippen LogP contribution is 2.50. The Morgan fingerprint density at radius 1 is 1.47 bits per heavy atom. The molecule has 1 aromatic carbocycles. The molecule has 3 rings (SSSR count). The van der Waals surface area contributed by atoms with E-state index in [-0.39, 0.29) is 4.92 Å². The number of nitro groups is 1. The lowest BCUT2D eigenvalue weighted by atomic mass is 10.2. The molecule has 0 aliphatic carbocycles. The van der Waals surface area contributed by atoms with E-state index in [9.17, 15) is 10.1 Å². The summed E-state index contributed by atoms with van der Waals surface area (Å²) in [6.45, 7) is 1.95. The Balaban J connectivity index is 2.13. The fraction of sp³-hybridized carbons (Fsp3) is 0.308. The highest BCUT2D eigenvalue weighted by atomic mass is 32.2. The maximum Gasteiger partial charge on any atom is 0.346 e. The Bertz CT molecular complexity index is 661. The monoisotopic (exact) mass is 275 g/mol. The summed E-state index contributed by atoms with van der Waals surface area (Å²) in [5, 5.41) is 15.4. The van der Waals surface area contributed by atoms with Gasteiger partial charge >= 0.3 is 4.99 Å². The Morgan fingerprint density at radius 2 is 2.26 bits per heavy atom. The van der Waals surface area contributed by atoms with Crippen LogP contribution in [0.5, 0.6) is 0 Å². The third-order valence-corrected chi connectivity index (χ3v) is 4.65. The summed E-state index contributed by atoms with van der Waals surface area (Å²) in [6.07, 6.45) is 2.92. The van der Waals surface area contributed by atoms with E-state index < -0.39 is 4.99 Å². The molecule has 0 spiro atoms. The zero-order valence-electron chi connectivity index (χ0n) is 10.4. The van der Waals surface area contributed by atoms with Gasteiger partial charge in [0.25, 0.3) is 0 Å². The largest absolute Gasteiger partial charge is 0.346 e. The van der Waals surface area contributed by atoms with Gasteiger partial charge in [-0.25, -0.2) is 0 Å². The van der Waals surface area contributed by atoms with Crippen molar-refractivity contribution in [2.75, 3.05) is 5.32 Å². The minimum absolute atomic E-state index is 0.226. The number of aromatic nitrogens is 1. The van der Waals surface area contributed by atoms with Crippen molar-refractivity contribution in [3.05, 3.63) is 40.6 Å². The number of thioether (sulfide) groups is 1. The summed E-state index contributed by atoms with van der Waals surface area (Å²) >= 11 is 1.30. The minimum atomic E-state index is -1.15. The summed E-state index contributed by atoms with van der Waals surface area (Å²) in [4.78, 5) is 15.3. The first-order chi connectivity index (χ1) is 9.16. The van der Waals surface area contributed by atoms with Crippen LogP contribution in [0.4, 0.5) is 5.69 Å². The molecule has 0 bridgehead atoms. The highest BCUT2D eigenvalue weighted by molar-refractivity contribution is 8.01. The quantitative estimate of drug-likeness (QED) is 0.686. The second kappa shape index (κ2) is 4.38. The van der Waals surface area contributed by atoms with Gasteiger partial charge in [0.15, 0.2) is 0 Å². The van der Waals surface area contributed by atoms with Gasteiger partial charge in [0.1, 0.15) is 0 Å². The van der Waals surface area contributed by atoms with E-state index in [1.54, 1.807) is 6.20 Å². The smallest absolute Gasteiger partial charge is 0.309 e. The normalized spacial score (nSPS) is 21.1. The van der Waals surface area contributed by atoms with Gasteiger partial charge in [0.05, 0.1) is 27.2 Å². The number of fused-ring (bicyclic) bond motifs is 3. The van der Waals surface area contributed by atoms with Crippen LogP contribution in [0.1, 0.15) is 19.8 Å². The molecule has 1 aliphatic heterocycles. The molecular formula is C13H13N3O2S. The van der Waals surface area contributed by atoms with Crippen molar-refractivity contribution in [3.8, 4) is 0 Å². The second-order valence-electron chi connectivity index (χ2n) is 4.54. The van der Waals surface area contributed by atoms with E-state index in [4.69, 9.17) is 0 Å². The molecule has 0 fully saturated rings. The van der Waals surface area contributed by atoms with Crippen LogP contribution in [0.2, 0.25) is 0 Å². The van der Waals surface area contributed by atoms with Crippen LogP contribution in [0, 0.1) is 10.1 Å². The molecule has 98 valence electrons.